The standard InChI is InChI=1S/C19H21N3O6S/c23-22(24)17-11-15(29(25,26)21-9-3-4-10-21)7-8-16(17)20-12-14-13-27-18-5-1-2-6-19(18)28-14/h1-2,5-8,11,14,20H,3-4,9-10,12-13H2/t14-/m0/s1. The maximum absolute atomic E-state index is 12.7. The molecule has 2 aromatic rings. The van der Waals surface area contributed by atoms with Gasteiger partial charge in [0.05, 0.1) is 16.4 Å². The first-order chi connectivity index (χ1) is 13.9. The van der Waals surface area contributed by atoms with Crippen LogP contribution in [0.25, 0.3) is 0 Å². The van der Waals surface area contributed by atoms with Crippen LogP contribution in [0.1, 0.15) is 12.8 Å². The van der Waals surface area contributed by atoms with Crippen molar-refractivity contribution in [2.45, 2.75) is 23.8 Å². The highest BCUT2D eigenvalue weighted by Gasteiger charge is 2.30. The molecule has 9 nitrogen and oxygen atoms in total. The summed E-state index contributed by atoms with van der Waals surface area (Å²) in [5, 5.41) is 14.5. The number of ether oxygens (including phenoxy) is 2. The predicted octanol–water partition coefficient (Wildman–Crippen LogP) is 2.63. The van der Waals surface area contributed by atoms with Crippen molar-refractivity contribution >= 4 is 21.4 Å². The van der Waals surface area contributed by atoms with Gasteiger partial charge in [-0.25, -0.2) is 8.42 Å². The quantitative estimate of drug-likeness (QED) is 0.566. The zero-order valence-electron chi connectivity index (χ0n) is 15.6. The Morgan fingerprint density at radius 2 is 1.86 bits per heavy atom. The molecule has 4 rings (SSSR count). The van der Waals surface area contributed by atoms with Crippen LogP contribution in [0.15, 0.2) is 47.4 Å². The number of para-hydroxylation sites is 2. The molecular weight excluding hydrogens is 398 g/mol. The van der Waals surface area contributed by atoms with E-state index in [4.69, 9.17) is 9.47 Å². The molecular formula is C19H21N3O6S. The van der Waals surface area contributed by atoms with Gasteiger partial charge < -0.3 is 14.8 Å². The van der Waals surface area contributed by atoms with Crippen LogP contribution < -0.4 is 14.8 Å². The summed E-state index contributed by atoms with van der Waals surface area (Å²) < 4.78 is 38.2. The second-order valence-electron chi connectivity index (χ2n) is 6.93. The molecule has 1 atom stereocenters. The Labute approximate surface area is 168 Å². The number of benzene rings is 2. The molecule has 0 aliphatic carbocycles. The maximum atomic E-state index is 12.7. The monoisotopic (exact) mass is 419 g/mol. The van der Waals surface area contributed by atoms with Gasteiger partial charge in [-0.05, 0) is 37.1 Å². The third-order valence-electron chi connectivity index (χ3n) is 4.96. The largest absolute Gasteiger partial charge is 0.486 e. The average Bonchev–Trinajstić information content (AvgIpc) is 3.27. The van der Waals surface area contributed by atoms with E-state index in [-0.39, 0.29) is 28.9 Å². The van der Waals surface area contributed by atoms with E-state index in [0.717, 1.165) is 18.9 Å². The summed E-state index contributed by atoms with van der Waals surface area (Å²) in [6, 6.07) is 11.2. The van der Waals surface area contributed by atoms with Crippen molar-refractivity contribution in [2.24, 2.45) is 0 Å². The molecule has 2 aromatic carbocycles. The summed E-state index contributed by atoms with van der Waals surface area (Å²) in [7, 11) is -3.72. The lowest BCUT2D eigenvalue weighted by Gasteiger charge is -2.26. The van der Waals surface area contributed by atoms with Crippen LogP contribution in [-0.4, -0.2) is 50.0 Å². The van der Waals surface area contributed by atoms with Crippen molar-refractivity contribution in [1.29, 1.82) is 0 Å². The Balaban J connectivity index is 1.50. The van der Waals surface area contributed by atoms with Crippen LogP contribution in [0.5, 0.6) is 11.5 Å². The number of fused-ring (bicyclic) bond motifs is 1. The second kappa shape index (κ2) is 7.88. The summed E-state index contributed by atoms with van der Waals surface area (Å²) >= 11 is 0. The van der Waals surface area contributed by atoms with Gasteiger partial charge in [0.15, 0.2) is 11.5 Å². The topological polar surface area (TPSA) is 111 Å². The van der Waals surface area contributed by atoms with Crippen LogP contribution in [0.2, 0.25) is 0 Å². The Morgan fingerprint density at radius 3 is 2.59 bits per heavy atom. The van der Waals surface area contributed by atoms with Gasteiger partial charge in [-0.15, -0.1) is 0 Å². The van der Waals surface area contributed by atoms with E-state index in [1.807, 2.05) is 18.2 Å². The summed E-state index contributed by atoms with van der Waals surface area (Å²) in [4.78, 5) is 10.9. The molecule has 1 N–H and O–H groups in total. The summed E-state index contributed by atoms with van der Waals surface area (Å²) in [6.45, 7) is 1.46. The first kappa shape index (κ1) is 19.5. The lowest BCUT2D eigenvalue weighted by atomic mass is 10.2. The van der Waals surface area contributed by atoms with Gasteiger partial charge in [-0.3, -0.25) is 10.1 Å². The third-order valence-corrected chi connectivity index (χ3v) is 6.85. The lowest BCUT2D eigenvalue weighted by molar-refractivity contribution is -0.384. The highest BCUT2D eigenvalue weighted by Crippen LogP contribution is 2.32. The molecule has 0 amide bonds. The molecule has 0 bridgehead atoms. The van der Waals surface area contributed by atoms with Gasteiger partial charge in [0.1, 0.15) is 18.4 Å². The molecule has 10 heteroatoms. The molecule has 1 fully saturated rings. The van der Waals surface area contributed by atoms with Gasteiger partial charge >= 0.3 is 0 Å². The molecule has 2 aliphatic heterocycles. The van der Waals surface area contributed by atoms with Crippen molar-refractivity contribution in [3.63, 3.8) is 0 Å². The Bertz CT molecular complexity index is 1020. The summed E-state index contributed by atoms with van der Waals surface area (Å²) in [5.74, 6) is 1.28. The molecule has 154 valence electrons. The number of nitro benzene ring substituents is 1. The number of nitrogens with one attached hydrogen (secondary N) is 1. The molecule has 2 aliphatic rings. The minimum absolute atomic E-state index is 0.0668. The third kappa shape index (κ3) is 3.99. The van der Waals surface area contributed by atoms with Crippen LogP contribution in [-0.2, 0) is 10.0 Å². The average molecular weight is 419 g/mol. The minimum atomic E-state index is -3.72. The van der Waals surface area contributed by atoms with E-state index in [0.29, 0.717) is 31.2 Å². The second-order valence-corrected chi connectivity index (χ2v) is 8.86. The fourth-order valence-corrected chi connectivity index (χ4v) is 4.98. The molecule has 0 unspecified atom stereocenters. The van der Waals surface area contributed by atoms with E-state index in [1.165, 1.54) is 16.4 Å². The van der Waals surface area contributed by atoms with E-state index in [1.54, 1.807) is 6.07 Å². The number of hydrogen-bond donors (Lipinski definition) is 1. The highest BCUT2D eigenvalue weighted by atomic mass is 32.2. The lowest BCUT2D eigenvalue weighted by Crippen LogP contribution is -2.35. The van der Waals surface area contributed by atoms with Crippen molar-refractivity contribution < 1.29 is 22.8 Å². The van der Waals surface area contributed by atoms with Crippen LogP contribution in [0.4, 0.5) is 11.4 Å². The number of sulfonamides is 1. The van der Waals surface area contributed by atoms with Crippen molar-refractivity contribution in [3.05, 3.63) is 52.6 Å². The Kier molecular flexibility index (Phi) is 5.29. The minimum Gasteiger partial charge on any atom is -0.486 e. The normalized spacial score (nSPS) is 19.1. The predicted molar refractivity (Wildman–Crippen MR) is 106 cm³/mol. The number of hydrogen-bond acceptors (Lipinski definition) is 7. The fraction of sp³-hybridized carbons (Fsp3) is 0.368. The van der Waals surface area contributed by atoms with E-state index < -0.39 is 14.9 Å². The van der Waals surface area contributed by atoms with Crippen molar-refractivity contribution in [1.82, 2.24) is 4.31 Å². The van der Waals surface area contributed by atoms with E-state index in [2.05, 4.69) is 5.32 Å². The number of rotatable bonds is 6. The molecule has 0 spiro atoms. The van der Waals surface area contributed by atoms with E-state index in [9.17, 15) is 18.5 Å². The zero-order chi connectivity index (χ0) is 20.4. The van der Waals surface area contributed by atoms with Gasteiger partial charge in [-0.1, -0.05) is 12.1 Å². The number of nitrogens with zero attached hydrogens (tertiary/aromatic N) is 2. The SMILES string of the molecule is O=[N+]([O-])c1cc(S(=O)(=O)N2CCCC2)ccc1NC[C@H]1COc2ccccc2O1. The van der Waals surface area contributed by atoms with Gasteiger partial charge in [0, 0.05) is 19.2 Å². The Hall–Kier alpha value is -2.85. The van der Waals surface area contributed by atoms with Gasteiger partial charge in [-0.2, -0.15) is 4.31 Å². The first-order valence-corrected chi connectivity index (χ1v) is 10.8. The molecule has 0 radical (unpaired) electrons. The molecule has 0 aromatic heterocycles. The van der Waals surface area contributed by atoms with Crippen LogP contribution in [0, 0.1) is 10.1 Å². The molecule has 0 saturated carbocycles. The fourth-order valence-electron chi connectivity index (χ4n) is 3.44. The molecule has 29 heavy (non-hydrogen) atoms. The number of anilines is 1. The summed E-state index contributed by atoms with van der Waals surface area (Å²) in [6.07, 6.45) is 1.26. The van der Waals surface area contributed by atoms with Crippen molar-refractivity contribution in [3.8, 4) is 11.5 Å². The van der Waals surface area contributed by atoms with Crippen LogP contribution >= 0.6 is 0 Å². The smallest absolute Gasteiger partial charge is 0.293 e. The van der Waals surface area contributed by atoms with Gasteiger partial charge in [0.2, 0.25) is 10.0 Å². The Morgan fingerprint density at radius 1 is 1.14 bits per heavy atom. The maximum Gasteiger partial charge on any atom is 0.293 e. The number of nitro groups is 1. The molecule has 1 saturated heterocycles. The highest BCUT2D eigenvalue weighted by molar-refractivity contribution is 7.89. The zero-order valence-corrected chi connectivity index (χ0v) is 16.4. The van der Waals surface area contributed by atoms with Gasteiger partial charge in [0.25, 0.3) is 5.69 Å². The van der Waals surface area contributed by atoms with E-state index >= 15 is 0 Å². The molecule has 2 heterocycles. The van der Waals surface area contributed by atoms with Crippen LogP contribution in [0.3, 0.4) is 0 Å². The summed E-state index contributed by atoms with van der Waals surface area (Å²) in [5.41, 5.74) is -0.0553. The van der Waals surface area contributed by atoms with Crippen molar-refractivity contribution in [2.75, 3.05) is 31.6 Å². The first-order valence-electron chi connectivity index (χ1n) is 9.36.